The van der Waals surface area contributed by atoms with E-state index in [4.69, 9.17) is 4.74 Å². The van der Waals surface area contributed by atoms with Gasteiger partial charge in [-0.25, -0.2) is 8.78 Å². The van der Waals surface area contributed by atoms with E-state index >= 15 is 4.39 Å². The lowest BCUT2D eigenvalue weighted by Crippen LogP contribution is -2.08. The molecule has 206 valence electrons. The minimum Gasteiger partial charge on any atom is -0.494 e. The molecule has 0 atom stereocenters. The van der Waals surface area contributed by atoms with Gasteiger partial charge >= 0.3 is 6.18 Å². The van der Waals surface area contributed by atoms with Gasteiger partial charge in [0.2, 0.25) is 0 Å². The fraction of sp³-hybridized carbons (Fsp3) is 0.333. The maximum Gasteiger partial charge on any atom is 0.419 e. The SMILES string of the molecule is CCCCCCOc1ccc(CCc2ccc3c(F)c(CCc4ccc(C(F)(F)F)c(F)c4)ccc3c2)cc1. The van der Waals surface area contributed by atoms with Crippen molar-refractivity contribution in [3.05, 3.63) is 112 Å². The van der Waals surface area contributed by atoms with Crippen molar-refractivity contribution in [3.63, 3.8) is 0 Å². The molecule has 0 fully saturated rings. The van der Waals surface area contributed by atoms with Crippen LogP contribution in [0.1, 0.15) is 60.4 Å². The van der Waals surface area contributed by atoms with E-state index in [1.54, 1.807) is 12.1 Å². The molecule has 1 nitrogen and oxygen atoms in total. The molecule has 0 unspecified atom stereocenters. The number of unbranched alkanes of at least 4 members (excludes halogenated alkanes) is 3. The van der Waals surface area contributed by atoms with Gasteiger partial charge in [-0.1, -0.05) is 74.7 Å². The molecule has 0 heterocycles. The Bertz CT molecular complexity index is 1380. The van der Waals surface area contributed by atoms with Crippen LogP contribution in [0.3, 0.4) is 0 Å². The summed E-state index contributed by atoms with van der Waals surface area (Å²) in [5, 5.41) is 1.29. The molecule has 0 radical (unpaired) electrons. The first-order valence-corrected chi connectivity index (χ1v) is 13.5. The van der Waals surface area contributed by atoms with Gasteiger partial charge in [-0.15, -0.1) is 0 Å². The number of rotatable bonds is 12. The van der Waals surface area contributed by atoms with E-state index in [9.17, 15) is 17.6 Å². The topological polar surface area (TPSA) is 9.23 Å². The highest BCUT2D eigenvalue weighted by molar-refractivity contribution is 5.84. The maximum absolute atomic E-state index is 15.2. The molecule has 39 heavy (non-hydrogen) atoms. The van der Waals surface area contributed by atoms with Crippen LogP contribution in [-0.2, 0) is 31.9 Å². The van der Waals surface area contributed by atoms with E-state index in [2.05, 4.69) is 19.1 Å². The average Bonchev–Trinajstić information content (AvgIpc) is 2.91. The number of benzene rings is 4. The molecule has 0 N–H and O–H groups in total. The summed E-state index contributed by atoms with van der Waals surface area (Å²) in [6.07, 6.45) is 2.12. The summed E-state index contributed by atoms with van der Waals surface area (Å²) >= 11 is 0. The zero-order chi connectivity index (χ0) is 27.8. The first-order chi connectivity index (χ1) is 18.7. The molecular formula is C33H33F5O. The molecule has 0 aliphatic rings. The molecule has 0 saturated heterocycles. The van der Waals surface area contributed by atoms with Crippen molar-refractivity contribution in [1.82, 2.24) is 0 Å². The molecule has 0 saturated carbocycles. The smallest absolute Gasteiger partial charge is 0.419 e. The predicted octanol–water partition coefficient (Wildman–Crippen LogP) is 9.67. The van der Waals surface area contributed by atoms with Gasteiger partial charge in [0.15, 0.2) is 0 Å². The van der Waals surface area contributed by atoms with Gasteiger partial charge in [-0.2, -0.15) is 13.2 Å². The van der Waals surface area contributed by atoms with E-state index < -0.39 is 17.6 Å². The number of alkyl halides is 3. The lowest BCUT2D eigenvalue weighted by atomic mass is 9.97. The molecule has 0 aliphatic heterocycles. The number of hydrogen-bond donors (Lipinski definition) is 0. The quantitative estimate of drug-likeness (QED) is 0.128. The van der Waals surface area contributed by atoms with Crippen molar-refractivity contribution in [2.24, 2.45) is 0 Å². The summed E-state index contributed by atoms with van der Waals surface area (Å²) in [5.41, 5.74) is 1.85. The molecule has 0 amide bonds. The Hall–Kier alpha value is -3.41. The van der Waals surface area contributed by atoms with Crippen LogP contribution in [0.2, 0.25) is 0 Å². The normalized spacial score (nSPS) is 11.7. The average molecular weight is 541 g/mol. The fourth-order valence-corrected chi connectivity index (χ4v) is 4.72. The number of halogens is 5. The van der Waals surface area contributed by atoms with Gasteiger partial charge in [0.1, 0.15) is 17.4 Å². The minimum absolute atomic E-state index is 0.234. The van der Waals surface area contributed by atoms with Crippen LogP contribution in [-0.4, -0.2) is 6.61 Å². The predicted molar refractivity (Wildman–Crippen MR) is 146 cm³/mol. The van der Waals surface area contributed by atoms with Crippen molar-refractivity contribution in [2.75, 3.05) is 6.61 Å². The molecule has 4 rings (SSSR count). The van der Waals surface area contributed by atoms with Crippen molar-refractivity contribution in [2.45, 2.75) is 64.5 Å². The van der Waals surface area contributed by atoms with Crippen LogP contribution >= 0.6 is 0 Å². The van der Waals surface area contributed by atoms with Crippen LogP contribution < -0.4 is 4.74 Å². The van der Waals surface area contributed by atoms with Crippen LogP contribution in [0.5, 0.6) is 5.75 Å². The highest BCUT2D eigenvalue weighted by atomic mass is 19.4. The van der Waals surface area contributed by atoms with Crippen LogP contribution in [0.15, 0.2) is 72.8 Å². The van der Waals surface area contributed by atoms with Gasteiger partial charge in [-0.3, -0.25) is 0 Å². The van der Waals surface area contributed by atoms with Crippen LogP contribution in [0.25, 0.3) is 10.8 Å². The third kappa shape index (κ3) is 7.81. The van der Waals surface area contributed by atoms with E-state index in [1.165, 1.54) is 30.9 Å². The Morgan fingerprint density at radius 3 is 2.05 bits per heavy atom. The molecular weight excluding hydrogens is 507 g/mol. The molecule has 0 bridgehead atoms. The summed E-state index contributed by atoms with van der Waals surface area (Å²) < 4.78 is 73.2. The number of hydrogen-bond acceptors (Lipinski definition) is 1. The van der Waals surface area contributed by atoms with Gasteiger partial charge in [0.25, 0.3) is 0 Å². The summed E-state index contributed by atoms with van der Waals surface area (Å²) in [6, 6.07) is 20.3. The van der Waals surface area contributed by atoms with E-state index in [0.717, 1.165) is 54.7 Å². The van der Waals surface area contributed by atoms with Crippen molar-refractivity contribution in [3.8, 4) is 5.75 Å². The third-order valence-electron chi connectivity index (χ3n) is 7.01. The van der Waals surface area contributed by atoms with Gasteiger partial charge in [-0.05, 0) is 84.0 Å². The molecule has 0 spiro atoms. The highest BCUT2D eigenvalue weighted by Gasteiger charge is 2.33. The summed E-state index contributed by atoms with van der Waals surface area (Å²) in [6.45, 7) is 2.93. The zero-order valence-electron chi connectivity index (χ0n) is 22.1. The number of ether oxygens (including phenoxy) is 1. The van der Waals surface area contributed by atoms with E-state index in [0.29, 0.717) is 16.5 Å². The Kier molecular flexibility index (Phi) is 9.60. The second-order valence-electron chi connectivity index (χ2n) is 9.96. The third-order valence-corrected chi connectivity index (χ3v) is 7.01. The van der Waals surface area contributed by atoms with Crippen LogP contribution in [0.4, 0.5) is 22.0 Å². The molecule has 0 aliphatic carbocycles. The van der Waals surface area contributed by atoms with E-state index in [1.807, 2.05) is 30.3 Å². The largest absolute Gasteiger partial charge is 0.494 e. The fourth-order valence-electron chi connectivity index (χ4n) is 4.72. The molecule has 0 aromatic heterocycles. The Morgan fingerprint density at radius 2 is 1.33 bits per heavy atom. The Balaban J connectivity index is 1.33. The van der Waals surface area contributed by atoms with E-state index in [-0.39, 0.29) is 18.7 Å². The second kappa shape index (κ2) is 13.1. The van der Waals surface area contributed by atoms with Gasteiger partial charge < -0.3 is 4.74 Å². The maximum atomic E-state index is 15.2. The van der Waals surface area contributed by atoms with Gasteiger partial charge in [0.05, 0.1) is 12.2 Å². The first kappa shape index (κ1) is 28.6. The standard InChI is InChI=1S/C33H33F5O/c1-2-3-4-5-20-39-28-16-9-23(10-17-28)6-7-24-11-18-29-27(21-24)15-14-26(32(29)35)13-8-25-12-19-30(31(34)22-25)33(36,37)38/h9-12,14-19,21-22H,2-8,13,20H2,1H3. The van der Waals surface area contributed by atoms with Crippen molar-refractivity contribution in [1.29, 1.82) is 0 Å². The number of fused-ring (bicyclic) bond motifs is 1. The summed E-state index contributed by atoms with van der Waals surface area (Å²) in [5.74, 6) is -0.777. The van der Waals surface area contributed by atoms with Crippen molar-refractivity contribution >= 4 is 10.8 Å². The summed E-state index contributed by atoms with van der Waals surface area (Å²) in [4.78, 5) is 0. The Labute approximate surface area is 226 Å². The van der Waals surface area contributed by atoms with Crippen LogP contribution in [0, 0.1) is 11.6 Å². The van der Waals surface area contributed by atoms with Gasteiger partial charge in [0, 0.05) is 5.39 Å². The number of aryl methyl sites for hydroxylation is 4. The summed E-state index contributed by atoms with van der Waals surface area (Å²) in [7, 11) is 0. The molecule has 4 aromatic rings. The molecule has 4 aromatic carbocycles. The van der Waals surface area contributed by atoms with Crippen molar-refractivity contribution < 1.29 is 26.7 Å². The second-order valence-corrected chi connectivity index (χ2v) is 9.96. The zero-order valence-corrected chi connectivity index (χ0v) is 22.1. The lowest BCUT2D eigenvalue weighted by molar-refractivity contribution is -0.140. The lowest BCUT2D eigenvalue weighted by Gasteiger charge is -2.11. The monoisotopic (exact) mass is 540 g/mol. The minimum atomic E-state index is -4.74. The Morgan fingerprint density at radius 1 is 0.667 bits per heavy atom. The highest BCUT2D eigenvalue weighted by Crippen LogP contribution is 2.32. The molecule has 6 heteroatoms. The first-order valence-electron chi connectivity index (χ1n) is 13.5.